The summed E-state index contributed by atoms with van der Waals surface area (Å²) in [6.45, 7) is 0.0705. The Balaban J connectivity index is 1.90. The summed E-state index contributed by atoms with van der Waals surface area (Å²) in [5.74, 6) is -1.91. The number of nitrogens with zero attached hydrogens (tertiary/aromatic N) is 1. The molecule has 0 aromatic heterocycles. The number of halogens is 2. The monoisotopic (exact) mass is 351 g/mol. The SMILES string of the molecule is CN(Cc1ccc(F)cc1F)C(=O)C(c1ccccc1)c1ccccc1. The molecule has 2 nitrogen and oxygen atoms in total. The van der Waals surface area contributed by atoms with Gasteiger partial charge in [0.1, 0.15) is 11.6 Å². The molecule has 0 unspecified atom stereocenters. The van der Waals surface area contributed by atoms with Gasteiger partial charge < -0.3 is 4.90 Å². The van der Waals surface area contributed by atoms with Crippen molar-refractivity contribution in [3.05, 3.63) is 107 Å². The smallest absolute Gasteiger partial charge is 0.234 e. The van der Waals surface area contributed by atoms with Gasteiger partial charge in [0.05, 0.1) is 5.92 Å². The third-order valence-corrected chi connectivity index (χ3v) is 4.31. The number of carbonyl (C=O) groups is 1. The van der Waals surface area contributed by atoms with E-state index in [1.807, 2.05) is 60.7 Å². The first-order valence-electron chi connectivity index (χ1n) is 8.35. The van der Waals surface area contributed by atoms with Crippen molar-refractivity contribution in [1.82, 2.24) is 4.90 Å². The molecule has 3 aromatic carbocycles. The molecule has 0 spiro atoms. The third kappa shape index (κ3) is 3.97. The molecule has 0 saturated carbocycles. The van der Waals surface area contributed by atoms with E-state index in [0.717, 1.165) is 17.2 Å². The van der Waals surface area contributed by atoms with Gasteiger partial charge in [0.2, 0.25) is 5.91 Å². The number of benzene rings is 3. The van der Waals surface area contributed by atoms with Crippen LogP contribution in [0.4, 0.5) is 8.78 Å². The minimum absolute atomic E-state index is 0.0705. The van der Waals surface area contributed by atoms with Crippen LogP contribution < -0.4 is 0 Å². The lowest BCUT2D eigenvalue weighted by Gasteiger charge is -2.25. The highest BCUT2D eigenvalue weighted by Crippen LogP contribution is 2.27. The van der Waals surface area contributed by atoms with Gasteiger partial charge in [0.25, 0.3) is 0 Å². The number of amides is 1. The minimum atomic E-state index is -0.652. The van der Waals surface area contributed by atoms with E-state index in [-0.39, 0.29) is 18.0 Å². The van der Waals surface area contributed by atoms with Gasteiger partial charge >= 0.3 is 0 Å². The summed E-state index contributed by atoms with van der Waals surface area (Å²) in [4.78, 5) is 14.6. The Morgan fingerprint density at radius 3 is 1.92 bits per heavy atom. The first-order chi connectivity index (χ1) is 12.6. The van der Waals surface area contributed by atoms with Gasteiger partial charge in [-0.3, -0.25) is 4.79 Å². The van der Waals surface area contributed by atoms with E-state index >= 15 is 0 Å². The van der Waals surface area contributed by atoms with Crippen LogP contribution in [0.15, 0.2) is 78.9 Å². The van der Waals surface area contributed by atoms with Gasteiger partial charge in [0, 0.05) is 25.2 Å². The molecule has 0 aliphatic carbocycles. The van der Waals surface area contributed by atoms with Gasteiger partial charge in [0.15, 0.2) is 0 Å². The number of carbonyl (C=O) groups excluding carboxylic acids is 1. The molecule has 0 atom stereocenters. The Hall–Kier alpha value is -3.01. The van der Waals surface area contributed by atoms with Gasteiger partial charge in [-0.15, -0.1) is 0 Å². The van der Waals surface area contributed by atoms with Crippen LogP contribution in [0.3, 0.4) is 0 Å². The second-order valence-corrected chi connectivity index (χ2v) is 6.18. The second kappa shape index (κ2) is 7.91. The van der Waals surface area contributed by atoms with Crippen LogP contribution in [0.2, 0.25) is 0 Å². The van der Waals surface area contributed by atoms with Crippen molar-refractivity contribution in [2.45, 2.75) is 12.5 Å². The maximum atomic E-state index is 13.9. The van der Waals surface area contributed by atoms with E-state index in [9.17, 15) is 13.6 Å². The van der Waals surface area contributed by atoms with Crippen LogP contribution in [0.1, 0.15) is 22.6 Å². The summed E-state index contributed by atoms with van der Waals surface area (Å²) in [7, 11) is 1.63. The Morgan fingerprint density at radius 2 is 1.42 bits per heavy atom. The fourth-order valence-corrected chi connectivity index (χ4v) is 2.97. The highest BCUT2D eigenvalue weighted by Gasteiger charge is 2.26. The molecule has 1 amide bonds. The lowest BCUT2D eigenvalue weighted by Crippen LogP contribution is -2.32. The lowest BCUT2D eigenvalue weighted by atomic mass is 9.90. The quantitative estimate of drug-likeness (QED) is 0.649. The maximum absolute atomic E-state index is 13.9. The average Bonchev–Trinajstić information content (AvgIpc) is 2.66. The van der Waals surface area contributed by atoms with Crippen molar-refractivity contribution in [3.8, 4) is 0 Å². The zero-order chi connectivity index (χ0) is 18.5. The second-order valence-electron chi connectivity index (χ2n) is 6.18. The van der Waals surface area contributed by atoms with E-state index < -0.39 is 17.6 Å². The fourth-order valence-electron chi connectivity index (χ4n) is 2.97. The number of rotatable bonds is 5. The molecule has 132 valence electrons. The molecule has 3 aromatic rings. The molecule has 0 saturated heterocycles. The molecule has 0 fully saturated rings. The summed E-state index contributed by atoms with van der Waals surface area (Å²) >= 11 is 0. The summed E-state index contributed by atoms with van der Waals surface area (Å²) in [5, 5.41) is 0. The van der Waals surface area contributed by atoms with Crippen LogP contribution in [-0.2, 0) is 11.3 Å². The van der Waals surface area contributed by atoms with E-state index in [1.165, 1.54) is 17.0 Å². The van der Waals surface area contributed by atoms with Crippen LogP contribution >= 0.6 is 0 Å². The highest BCUT2D eigenvalue weighted by molar-refractivity contribution is 5.87. The predicted molar refractivity (Wildman–Crippen MR) is 97.6 cm³/mol. The van der Waals surface area contributed by atoms with Crippen molar-refractivity contribution >= 4 is 5.91 Å². The van der Waals surface area contributed by atoms with E-state index in [2.05, 4.69) is 0 Å². The van der Waals surface area contributed by atoms with E-state index in [4.69, 9.17) is 0 Å². The molecular weight excluding hydrogens is 332 g/mol. The zero-order valence-electron chi connectivity index (χ0n) is 14.4. The normalized spacial score (nSPS) is 10.8. The molecule has 3 rings (SSSR count). The molecule has 0 radical (unpaired) electrons. The number of hydrogen-bond acceptors (Lipinski definition) is 1. The summed E-state index contributed by atoms with van der Waals surface area (Å²) < 4.78 is 27.0. The lowest BCUT2D eigenvalue weighted by molar-refractivity contribution is -0.131. The van der Waals surface area contributed by atoms with Crippen LogP contribution in [-0.4, -0.2) is 17.9 Å². The summed E-state index contributed by atoms with van der Waals surface area (Å²) in [6, 6.07) is 22.4. The van der Waals surface area contributed by atoms with E-state index in [0.29, 0.717) is 0 Å². The largest absolute Gasteiger partial charge is 0.341 e. The highest BCUT2D eigenvalue weighted by atomic mass is 19.1. The standard InChI is InChI=1S/C22H19F2NO/c1-25(15-18-12-13-19(23)14-20(18)24)22(26)21(16-8-4-2-5-9-16)17-10-6-3-7-11-17/h2-14,21H,15H2,1H3. The Labute approximate surface area is 151 Å². The Morgan fingerprint density at radius 1 is 0.885 bits per heavy atom. The van der Waals surface area contributed by atoms with Crippen molar-refractivity contribution < 1.29 is 13.6 Å². The Kier molecular flexibility index (Phi) is 5.42. The van der Waals surface area contributed by atoms with Crippen molar-refractivity contribution in [2.75, 3.05) is 7.05 Å². The molecule has 0 N–H and O–H groups in total. The summed E-state index contributed by atoms with van der Waals surface area (Å²) in [6.07, 6.45) is 0. The third-order valence-electron chi connectivity index (χ3n) is 4.31. The predicted octanol–water partition coefficient (Wildman–Crippen LogP) is 4.76. The molecule has 0 bridgehead atoms. The molecule has 26 heavy (non-hydrogen) atoms. The van der Waals surface area contributed by atoms with Gasteiger partial charge in [-0.2, -0.15) is 0 Å². The maximum Gasteiger partial charge on any atom is 0.234 e. The first kappa shape index (κ1) is 17.8. The van der Waals surface area contributed by atoms with Crippen LogP contribution in [0.25, 0.3) is 0 Å². The van der Waals surface area contributed by atoms with Crippen molar-refractivity contribution in [3.63, 3.8) is 0 Å². The van der Waals surface area contributed by atoms with Crippen LogP contribution in [0.5, 0.6) is 0 Å². The molecular formula is C22H19F2NO. The molecule has 0 heterocycles. The number of likely N-dealkylation sites (N-methyl/N-ethyl adjacent to an activating group) is 1. The fraction of sp³-hybridized carbons (Fsp3) is 0.136. The summed E-state index contributed by atoms with van der Waals surface area (Å²) in [5.41, 5.74) is 2.02. The molecule has 0 aliphatic heterocycles. The van der Waals surface area contributed by atoms with Gasteiger partial charge in [-0.1, -0.05) is 66.7 Å². The minimum Gasteiger partial charge on any atom is -0.341 e. The molecule has 0 aliphatic rings. The van der Waals surface area contributed by atoms with E-state index in [1.54, 1.807) is 7.05 Å². The zero-order valence-corrected chi connectivity index (χ0v) is 14.4. The topological polar surface area (TPSA) is 20.3 Å². The van der Waals surface area contributed by atoms with Gasteiger partial charge in [-0.05, 0) is 17.2 Å². The average molecular weight is 351 g/mol. The number of hydrogen-bond donors (Lipinski definition) is 0. The Bertz CT molecular complexity index is 842. The van der Waals surface area contributed by atoms with Crippen molar-refractivity contribution in [1.29, 1.82) is 0 Å². The van der Waals surface area contributed by atoms with Crippen LogP contribution in [0, 0.1) is 11.6 Å². The molecule has 4 heteroatoms. The van der Waals surface area contributed by atoms with Crippen molar-refractivity contribution in [2.24, 2.45) is 0 Å². The first-order valence-corrected chi connectivity index (χ1v) is 8.35. The van der Waals surface area contributed by atoms with Gasteiger partial charge in [-0.25, -0.2) is 8.78 Å².